The summed E-state index contributed by atoms with van der Waals surface area (Å²) < 4.78 is 5.71. The van der Waals surface area contributed by atoms with Gasteiger partial charge in [0.15, 0.2) is 5.11 Å². The van der Waals surface area contributed by atoms with Gasteiger partial charge in [0, 0.05) is 28.8 Å². The van der Waals surface area contributed by atoms with Crippen molar-refractivity contribution in [2.75, 3.05) is 5.32 Å². The van der Waals surface area contributed by atoms with Crippen LogP contribution >= 0.6 is 35.4 Å². The Labute approximate surface area is 192 Å². The number of hydrogen-bond acceptors (Lipinski definition) is 5. The number of nitro groups is 1. The summed E-state index contributed by atoms with van der Waals surface area (Å²) in [5.74, 6) is 0.553. The summed E-state index contributed by atoms with van der Waals surface area (Å²) in [6, 6.07) is 12.9. The van der Waals surface area contributed by atoms with Crippen LogP contribution in [0.4, 0.5) is 11.4 Å². The Kier molecular flexibility index (Phi) is 7.06. The summed E-state index contributed by atoms with van der Waals surface area (Å²) in [6.45, 7) is 1.91. The van der Waals surface area contributed by atoms with Gasteiger partial charge in [-0.05, 0) is 55.0 Å². The molecule has 3 aromatic rings. The number of anilines is 1. The van der Waals surface area contributed by atoms with E-state index < -0.39 is 10.8 Å². The van der Waals surface area contributed by atoms with Gasteiger partial charge in [-0.25, -0.2) is 0 Å². The Balaban J connectivity index is 1.61. The molecule has 2 aromatic carbocycles. The number of aryl methyl sites for hydroxylation is 1. The van der Waals surface area contributed by atoms with Crippen LogP contribution in [0.1, 0.15) is 11.3 Å². The molecule has 1 aromatic heterocycles. The van der Waals surface area contributed by atoms with Gasteiger partial charge in [0.25, 0.3) is 5.69 Å². The van der Waals surface area contributed by atoms with Gasteiger partial charge in [-0.3, -0.25) is 20.2 Å². The molecule has 7 nitrogen and oxygen atoms in total. The minimum Gasteiger partial charge on any atom is -0.457 e. The predicted molar refractivity (Wildman–Crippen MR) is 125 cm³/mol. The van der Waals surface area contributed by atoms with Crippen LogP contribution in [0.2, 0.25) is 10.0 Å². The summed E-state index contributed by atoms with van der Waals surface area (Å²) in [6.07, 6.45) is 2.73. The van der Waals surface area contributed by atoms with E-state index >= 15 is 0 Å². The molecule has 1 amide bonds. The van der Waals surface area contributed by atoms with Crippen molar-refractivity contribution < 1.29 is 14.1 Å². The second-order valence-corrected chi connectivity index (χ2v) is 7.59. The number of nitrogens with zero attached hydrogens (tertiary/aromatic N) is 1. The van der Waals surface area contributed by atoms with Crippen molar-refractivity contribution >= 4 is 63.9 Å². The van der Waals surface area contributed by atoms with Gasteiger partial charge in [0.2, 0.25) is 5.91 Å². The number of hydrogen-bond donors (Lipinski definition) is 2. The minimum atomic E-state index is -0.561. The molecule has 0 saturated heterocycles. The normalized spacial score (nSPS) is 10.8. The second-order valence-electron chi connectivity index (χ2n) is 6.36. The number of nitrogens with one attached hydrogen (secondary N) is 2. The molecule has 0 radical (unpaired) electrons. The van der Waals surface area contributed by atoms with Gasteiger partial charge in [0.05, 0.1) is 15.6 Å². The van der Waals surface area contributed by atoms with Crippen LogP contribution in [0, 0.1) is 17.0 Å². The Morgan fingerprint density at radius 1 is 1.13 bits per heavy atom. The third kappa shape index (κ3) is 5.91. The van der Waals surface area contributed by atoms with Crippen molar-refractivity contribution in [3.05, 3.63) is 86.1 Å². The van der Waals surface area contributed by atoms with Gasteiger partial charge in [-0.15, -0.1) is 0 Å². The second kappa shape index (κ2) is 9.74. The van der Waals surface area contributed by atoms with Crippen molar-refractivity contribution in [3.63, 3.8) is 0 Å². The van der Waals surface area contributed by atoms with E-state index in [1.54, 1.807) is 18.2 Å². The lowest BCUT2D eigenvalue weighted by Crippen LogP contribution is -2.32. The average molecular weight is 476 g/mol. The number of nitro benzene ring substituents is 1. The third-order valence-corrected chi connectivity index (χ3v) is 5.07. The zero-order valence-corrected chi connectivity index (χ0v) is 18.3. The van der Waals surface area contributed by atoms with Crippen LogP contribution in [0.5, 0.6) is 0 Å². The Hall–Kier alpha value is -3.20. The number of rotatable bonds is 5. The minimum absolute atomic E-state index is 0.0634. The fourth-order valence-corrected chi connectivity index (χ4v) is 3.09. The molecule has 10 heteroatoms. The monoisotopic (exact) mass is 475 g/mol. The Morgan fingerprint density at radius 2 is 1.90 bits per heavy atom. The lowest BCUT2D eigenvalue weighted by molar-refractivity contribution is -0.384. The highest BCUT2D eigenvalue weighted by Gasteiger charge is 2.12. The van der Waals surface area contributed by atoms with Crippen molar-refractivity contribution in [1.29, 1.82) is 0 Å². The van der Waals surface area contributed by atoms with Gasteiger partial charge < -0.3 is 9.73 Å². The first-order valence-corrected chi connectivity index (χ1v) is 9.99. The maximum Gasteiger partial charge on any atom is 0.271 e. The maximum absolute atomic E-state index is 12.1. The standard InChI is InChI=1S/C21H15Cl2N3O4S/c1-12-2-3-13(10-17(12)23)19-8-5-15(30-19)6-9-20(27)25-21(31)24-18-11-14(26(28)29)4-7-16(18)22/h2-11H,1H3,(H2,24,25,27,31)/b9-6+. The molecule has 31 heavy (non-hydrogen) atoms. The largest absolute Gasteiger partial charge is 0.457 e. The first kappa shape index (κ1) is 22.5. The van der Waals surface area contributed by atoms with Gasteiger partial charge in [-0.2, -0.15) is 0 Å². The molecule has 0 aliphatic rings. The quantitative estimate of drug-likeness (QED) is 0.203. The predicted octanol–water partition coefficient (Wildman–Crippen LogP) is 6.00. The van der Waals surface area contributed by atoms with Crippen molar-refractivity contribution in [2.45, 2.75) is 6.92 Å². The molecule has 0 saturated carbocycles. The molecule has 2 N–H and O–H groups in total. The number of non-ortho nitro benzene ring substituents is 1. The number of furan rings is 1. The molecule has 0 aliphatic carbocycles. The van der Waals surface area contributed by atoms with Crippen LogP contribution in [-0.2, 0) is 4.79 Å². The first-order chi connectivity index (χ1) is 14.7. The highest BCUT2D eigenvalue weighted by Crippen LogP contribution is 2.28. The number of amides is 1. The van der Waals surface area contributed by atoms with Gasteiger partial charge in [-0.1, -0.05) is 35.3 Å². The first-order valence-electron chi connectivity index (χ1n) is 8.83. The van der Waals surface area contributed by atoms with E-state index in [9.17, 15) is 14.9 Å². The smallest absolute Gasteiger partial charge is 0.271 e. The lowest BCUT2D eigenvalue weighted by Gasteiger charge is -2.09. The summed E-state index contributed by atoms with van der Waals surface area (Å²) >= 11 is 17.2. The Morgan fingerprint density at radius 3 is 2.61 bits per heavy atom. The molecule has 0 bridgehead atoms. The maximum atomic E-state index is 12.1. The van der Waals surface area contributed by atoms with Crippen LogP contribution in [0.25, 0.3) is 17.4 Å². The SMILES string of the molecule is Cc1ccc(-c2ccc(/C=C/C(=O)NC(=S)Nc3cc([N+](=O)[O-])ccc3Cl)o2)cc1Cl. The molecule has 158 valence electrons. The molecular weight excluding hydrogens is 461 g/mol. The number of carbonyl (C=O) groups excluding carboxylic acids is 1. The van der Waals surface area contributed by atoms with Gasteiger partial charge in [0.1, 0.15) is 11.5 Å². The summed E-state index contributed by atoms with van der Waals surface area (Å²) in [5.41, 5.74) is 1.82. The van der Waals surface area contributed by atoms with Gasteiger partial charge >= 0.3 is 0 Å². The van der Waals surface area contributed by atoms with E-state index in [1.807, 2.05) is 19.1 Å². The molecular formula is C21H15Cl2N3O4S. The fraction of sp³-hybridized carbons (Fsp3) is 0.0476. The molecule has 0 aliphatic heterocycles. The van der Waals surface area contributed by atoms with Crippen LogP contribution in [0.3, 0.4) is 0 Å². The highest BCUT2D eigenvalue weighted by atomic mass is 35.5. The molecule has 0 atom stereocenters. The molecule has 0 fully saturated rings. The van der Waals surface area contributed by atoms with E-state index in [0.29, 0.717) is 16.5 Å². The van der Waals surface area contributed by atoms with Crippen LogP contribution < -0.4 is 10.6 Å². The van der Waals surface area contributed by atoms with E-state index in [-0.39, 0.29) is 21.5 Å². The number of carbonyl (C=O) groups is 1. The third-order valence-electron chi connectivity index (χ3n) is 4.13. The topological polar surface area (TPSA) is 97.4 Å². The zero-order valence-electron chi connectivity index (χ0n) is 16.0. The van der Waals surface area contributed by atoms with Crippen molar-refractivity contribution in [1.82, 2.24) is 5.32 Å². The lowest BCUT2D eigenvalue weighted by atomic mass is 10.1. The fourth-order valence-electron chi connectivity index (χ4n) is 2.53. The van der Waals surface area contributed by atoms with E-state index in [2.05, 4.69) is 10.6 Å². The highest BCUT2D eigenvalue weighted by molar-refractivity contribution is 7.80. The van der Waals surface area contributed by atoms with Crippen LogP contribution in [0.15, 0.2) is 59.0 Å². The van der Waals surface area contributed by atoms with Crippen LogP contribution in [-0.4, -0.2) is 15.9 Å². The van der Waals surface area contributed by atoms with E-state index in [0.717, 1.165) is 11.1 Å². The van der Waals surface area contributed by atoms with Crippen molar-refractivity contribution in [2.24, 2.45) is 0 Å². The number of halogens is 2. The van der Waals surface area contributed by atoms with E-state index in [1.165, 1.54) is 30.4 Å². The van der Waals surface area contributed by atoms with E-state index in [4.69, 9.17) is 39.8 Å². The molecule has 0 unspecified atom stereocenters. The summed E-state index contributed by atoms with van der Waals surface area (Å²) in [7, 11) is 0. The molecule has 0 spiro atoms. The van der Waals surface area contributed by atoms with Crippen molar-refractivity contribution in [3.8, 4) is 11.3 Å². The molecule has 1 heterocycles. The summed E-state index contributed by atoms with van der Waals surface area (Å²) in [5, 5.41) is 16.8. The molecule has 3 rings (SSSR count). The summed E-state index contributed by atoms with van der Waals surface area (Å²) in [4.78, 5) is 22.4. The average Bonchev–Trinajstić information content (AvgIpc) is 3.19. The number of thiocarbonyl (C=S) groups is 1. The Bertz CT molecular complexity index is 1210. The number of benzene rings is 2. The zero-order chi connectivity index (χ0) is 22.5.